The third kappa shape index (κ3) is 3.47. The predicted octanol–water partition coefficient (Wildman–Crippen LogP) is 3.70. The summed E-state index contributed by atoms with van der Waals surface area (Å²) in [6.45, 7) is -0.130. The summed E-state index contributed by atoms with van der Waals surface area (Å²) in [7, 11) is 1.56. The standard InChI is InChI=1S/C19H17NO4/c1-23-16-4-2-3-14(11-16)19(22)20-15-7-5-13(6-8-15)18-10-9-17(12-21)24-18/h2-11,21H,12H2,1H3,(H,20,22). The SMILES string of the molecule is COc1cccc(C(=O)Nc2ccc(-c3ccc(CO)o3)cc2)c1. The molecule has 2 aromatic carbocycles. The average Bonchev–Trinajstić information content (AvgIpc) is 3.11. The van der Waals surface area contributed by atoms with Crippen molar-refractivity contribution in [3.05, 3.63) is 72.0 Å². The Hall–Kier alpha value is -3.05. The number of anilines is 1. The molecule has 0 atom stereocenters. The van der Waals surface area contributed by atoms with Crippen molar-refractivity contribution in [1.82, 2.24) is 0 Å². The Morgan fingerprint density at radius 2 is 1.92 bits per heavy atom. The Balaban J connectivity index is 1.72. The van der Waals surface area contributed by atoms with Crippen LogP contribution in [-0.2, 0) is 6.61 Å². The molecule has 0 unspecified atom stereocenters. The highest BCUT2D eigenvalue weighted by atomic mass is 16.5. The molecule has 122 valence electrons. The van der Waals surface area contributed by atoms with Gasteiger partial charge in [0, 0.05) is 16.8 Å². The van der Waals surface area contributed by atoms with Gasteiger partial charge in [0.1, 0.15) is 23.9 Å². The summed E-state index contributed by atoms with van der Waals surface area (Å²) in [6.07, 6.45) is 0. The van der Waals surface area contributed by atoms with E-state index in [9.17, 15) is 4.79 Å². The molecule has 0 aliphatic carbocycles. The van der Waals surface area contributed by atoms with Crippen LogP contribution in [0.3, 0.4) is 0 Å². The molecule has 0 aliphatic rings. The van der Waals surface area contributed by atoms with Gasteiger partial charge >= 0.3 is 0 Å². The van der Waals surface area contributed by atoms with Crippen LogP contribution in [0.15, 0.2) is 65.1 Å². The van der Waals surface area contributed by atoms with Crippen molar-refractivity contribution >= 4 is 11.6 Å². The van der Waals surface area contributed by atoms with Crippen molar-refractivity contribution in [3.63, 3.8) is 0 Å². The van der Waals surface area contributed by atoms with E-state index in [1.165, 1.54) is 0 Å². The van der Waals surface area contributed by atoms with Gasteiger partial charge in [-0.3, -0.25) is 4.79 Å². The molecule has 3 rings (SSSR count). The number of rotatable bonds is 5. The van der Waals surface area contributed by atoms with Crippen LogP contribution in [0.4, 0.5) is 5.69 Å². The number of benzene rings is 2. The zero-order valence-electron chi connectivity index (χ0n) is 13.2. The van der Waals surface area contributed by atoms with Gasteiger partial charge in [-0.25, -0.2) is 0 Å². The first-order valence-corrected chi connectivity index (χ1v) is 7.45. The van der Waals surface area contributed by atoms with Gasteiger partial charge < -0.3 is 19.6 Å². The first-order chi connectivity index (χ1) is 11.7. The van der Waals surface area contributed by atoms with Crippen LogP contribution < -0.4 is 10.1 Å². The molecule has 0 saturated carbocycles. The minimum absolute atomic E-state index is 0.130. The molecular weight excluding hydrogens is 306 g/mol. The van der Waals surface area contributed by atoms with E-state index in [1.54, 1.807) is 55.6 Å². The molecule has 3 aromatic rings. The smallest absolute Gasteiger partial charge is 0.255 e. The molecular formula is C19H17NO4. The Bertz CT molecular complexity index is 837. The lowest BCUT2D eigenvalue weighted by Gasteiger charge is -2.07. The maximum atomic E-state index is 12.3. The van der Waals surface area contributed by atoms with E-state index in [4.69, 9.17) is 14.3 Å². The zero-order valence-corrected chi connectivity index (χ0v) is 13.2. The van der Waals surface area contributed by atoms with E-state index >= 15 is 0 Å². The number of carbonyl (C=O) groups excluding carboxylic acids is 1. The summed E-state index contributed by atoms with van der Waals surface area (Å²) in [4.78, 5) is 12.3. The first-order valence-electron chi connectivity index (χ1n) is 7.45. The molecule has 1 amide bonds. The van der Waals surface area contributed by atoms with Gasteiger partial charge in [-0.1, -0.05) is 6.07 Å². The van der Waals surface area contributed by atoms with Crippen molar-refractivity contribution < 1.29 is 19.1 Å². The monoisotopic (exact) mass is 323 g/mol. The maximum absolute atomic E-state index is 12.3. The van der Waals surface area contributed by atoms with Gasteiger partial charge in [0.05, 0.1) is 7.11 Å². The molecule has 24 heavy (non-hydrogen) atoms. The Kier molecular flexibility index (Phi) is 4.63. The van der Waals surface area contributed by atoms with Crippen LogP contribution in [0.2, 0.25) is 0 Å². The van der Waals surface area contributed by atoms with Crippen molar-refractivity contribution in [2.24, 2.45) is 0 Å². The predicted molar refractivity (Wildman–Crippen MR) is 91.0 cm³/mol. The quantitative estimate of drug-likeness (QED) is 0.751. The molecule has 0 aliphatic heterocycles. The Labute approximate surface area is 139 Å². The molecule has 0 bridgehead atoms. The number of hydrogen-bond acceptors (Lipinski definition) is 4. The number of methoxy groups -OCH3 is 1. The van der Waals surface area contributed by atoms with Gasteiger partial charge in [-0.2, -0.15) is 0 Å². The molecule has 5 nitrogen and oxygen atoms in total. The van der Waals surface area contributed by atoms with E-state index in [0.717, 1.165) is 5.56 Å². The van der Waals surface area contributed by atoms with Gasteiger partial charge in [0.25, 0.3) is 5.91 Å². The molecule has 0 fully saturated rings. The third-order valence-corrected chi connectivity index (χ3v) is 3.58. The number of aliphatic hydroxyl groups is 1. The van der Waals surface area contributed by atoms with E-state index in [2.05, 4.69) is 5.32 Å². The van der Waals surface area contributed by atoms with Crippen LogP contribution >= 0.6 is 0 Å². The zero-order chi connectivity index (χ0) is 16.9. The second-order valence-corrected chi connectivity index (χ2v) is 5.19. The Morgan fingerprint density at radius 3 is 2.58 bits per heavy atom. The molecule has 1 aromatic heterocycles. The Morgan fingerprint density at radius 1 is 1.12 bits per heavy atom. The molecule has 1 heterocycles. The van der Waals surface area contributed by atoms with Gasteiger partial charge in [0.2, 0.25) is 0 Å². The first kappa shape index (κ1) is 15.8. The van der Waals surface area contributed by atoms with Crippen molar-refractivity contribution in [2.45, 2.75) is 6.61 Å². The van der Waals surface area contributed by atoms with Gasteiger partial charge in [-0.05, 0) is 54.6 Å². The molecule has 2 N–H and O–H groups in total. The second kappa shape index (κ2) is 7.02. The lowest BCUT2D eigenvalue weighted by molar-refractivity contribution is 0.102. The van der Waals surface area contributed by atoms with E-state index in [0.29, 0.717) is 28.5 Å². The van der Waals surface area contributed by atoms with E-state index < -0.39 is 0 Å². The van der Waals surface area contributed by atoms with E-state index in [1.807, 2.05) is 12.1 Å². The normalized spacial score (nSPS) is 10.4. The minimum Gasteiger partial charge on any atom is -0.497 e. The number of nitrogens with one attached hydrogen (secondary N) is 1. The highest BCUT2D eigenvalue weighted by Crippen LogP contribution is 2.24. The van der Waals surface area contributed by atoms with Gasteiger partial charge in [-0.15, -0.1) is 0 Å². The molecule has 0 saturated heterocycles. The number of hydrogen-bond donors (Lipinski definition) is 2. The fraction of sp³-hybridized carbons (Fsp3) is 0.105. The lowest BCUT2D eigenvalue weighted by Crippen LogP contribution is -2.11. The highest BCUT2D eigenvalue weighted by molar-refractivity contribution is 6.04. The van der Waals surface area contributed by atoms with Crippen molar-refractivity contribution in [1.29, 1.82) is 0 Å². The fourth-order valence-electron chi connectivity index (χ4n) is 2.30. The molecule has 0 spiro atoms. The van der Waals surface area contributed by atoms with Crippen LogP contribution in [0.25, 0.3) is 11.3 Å². The van der Waals surface area contributed by atoms with Crippen molar-refractivity contribution in [2.75, 3.05) is 12.4 Å². The summed E-state index contributed by atoms with van der Waals surface area (Å²) in [5.74, 6) is 1.61. The third-order valence-electron chi connectivity index (χ3n) is 3.58. The van der Waals surface area contributed by atoms with E-state index in [-0.39, 0.29) is 12.5 Å². The van der Waals surface area contributed by atoms with Crippen LogP contribution in [-0.4, -0.2) is 18.1 Å². The second-order valence-electron chi connectivity index (χ2n) is 5.19. The number of amides is 1. The highest BCUT2D eigenvalue weighted by Gasteiger charge is 2.08. The molecule has 5 heteroatoms. The summed E-state index contributed by atoms with van der Waals surface area (Å²) in [6, 6.07) is 17.8. The van der Waals surface area contributed by atoms with Crippen LogP contribution in [0.5, 0.6) is 5.75 Å². The van der Waals surface area contributed by atoms with Gasteiger partial charge in [0.15, 0.2) is 0 Å². The topological polar surface area (TPSA) is 71.7 Å². The largest absolute Gasteiger partial charge is 0.497 e. The number of furan rings is 1. The molecule has 0 radical (unpaired) electrons. The summed E-state index contributed by atoms with van der Waals surface area (Å²) >= 11 is 0. The maximum Gasteiger partial charge on any atom is 0.255 e. The lowest BCUT2D eigenvalue weighted by atomic mass is 10.1. The minimum atomic E-state index is -0.206. The summed E-state index contributed by atoms with van der Waals surface area (Å²) in [5.41, 5.74) is 2.08. The number of ether oxygens (including phenoxy) is 1. The summed E-state index contributed by atoms with van der Waals surface area (Å²) < 4.78 is 10.6. The van der Waals surface area contributed by atoms with Crippen LogP contribution in [0, 0.1) is 0 Å². The number of aliphatic hydroxyl groups excluding tert-OH is 1. The summed E-state index contributed by atoms with van der Waals surface area (Å²) in [5, 5.41) is 11.9. The fourth-order valence-corrected chi connectivity index (χ4v) is 2.30. The van der Waals surface area contributed by atoms with Crippen LogP contribution in [0.1, 0.15) is 16.1 Å². The van der Waals surface area contributed by atoms with Crippen molar-refractivity contribution in [3.8, 4) is 17.1 Å². The average molecular weight is 323 g/mol. The number of carbonyl (C=O) groups is 1.